The van der Waals surface area contributed by atoms with E-state index in [-0.39, 0.29) is 12.3 Å². The van der Waals surface area contributed by atoms with Gasteiger partial charge in [-0.2, -0.15) is 0 Å². The van der Waals surface area contributed by atoms with Crippen LogP contribution in [0.5, 0.6) is 0 Å². The number of Topliss-reactive ketones (excluding diaryl/α,β-unsaturated/α-hetero) is 1. The van der Waals surface area contributed by atoms with Gasteiger partial charge in [0.25, 0.3) is 0 Å². The quantitative estimate of drug-likeness (QED) is 0.635. The third-order valence-corrected chi connectivity index (χ3v) is 3.67. The second-order valence-corrected chi connectivity index (χ2v) is 5.30. The zero-order valence-electron chi connectivity index (χ0n) is 11.2. The van der Waals surface area contributed by atoms with Crippen LogP contribution in [-0.4, -0.2) is 39.4 Å². The molecule has 1 N–H and O–H groups in total. The van der Waals surface area contributed by atoms with Gasteiger partial charge in [-0.1, -0.05) is 24.8 Å². The van der Waals surface area contributed by atoms with Gasteiger partial charge in [-0.15, -0.1) is 0 Å². The molecule has 0 radical (unpaired) electrons. The Hall–Kier alpha value is -0.862. The molecule has 0 saturated carbocycles. The monoisotopic (exact) mass is 423 g/mol. The molecule has 102 valence electrons. The van der Waals surface area contributed by atoms with E-state index in [2.05, 4.69) is 6.58 Å². The average molecular weight is 423 g/mol. The fourth-order valence-electron chi connectivity index (χ4n) is 0.901. The van der Waals surface area contributed by atoms with Gasteiger partial charge in [0.15, 0.2) is 0 Å². The van der Waals surface area contributed by atoms with Gasteiger partial charge in [-0.3, -0.25) is 0 Å². The first kappa shape index (κ1) is 19.5. The number of carboxylic acids is 1. The van der Waals surface area contributed by atoms with Crippen LogP contribution in [0.3, 0.4) is 0 Å². The Morgan fingerprint density at radius 2 is 1.94 bits per heavy atom. The molecule has 0 saturated heterocycles. The Morgan fingerprint density at radius 3 is 2.22 bits per heavy atom. The Labute approximate surface area is 120 Å². The van der Waals surface area contributed by atoms with E-state index in [1.165, 1.54) is 19.4 Å². The van der Waals surface area contributed by atoms with Crippen molar-refractivity contribution in [1.82, 2.24) is 4.90 Å². The van der Waals surface area contributed by atoms with Crippen molar-refractivity contribution in [3.63, 3.8) is 0 Å². The molecular weight excluding hydrogens is 402 g/mol. The van der Waals surface area contributed by atoms with Crippen molar-refractivity contribution < 1.29 is 34.0 Å². The number of hydrogen-bond donors (Lipinski definition) is 1. The minimum atomic E-state index is -0.843. The number of hydrogen-bond acceptors (Lipinski definition) is 3. The number of allylic oxidation sites excluding steroid dienone is 3. The van der Waals surface area contributed by atoms with Gasteiger partial charge in [-0.25, -0.2) is 0 Å². The van der Waals surface area contributed by atoms with E-state index >= 15 is 0 Å². The average Bonchev–Trinajstić information content (AvgIpc) is 2.26. The van der Waals surface area contributed by atoms with Crippen LogP contribution < -0.4 is 0 Å². The van der Waals surface area contributed by atoms with Crippen molar-refractivity contribution in [2.45, 2.75) is 26.7 Å². The van der Waals surface area contributed by atoms with E-state index in [0.717, 1.165) is 4.02 Å². The Balaban J connectivity index is 0. The van der Waals surface area contributed by atoms with Crippen LogP contribution in [0.1, 0.15) is 26.7 Å². The van der Waals surface area contributed by atoms with Crippen molar-refractivity contribution in [1.29, 1.82) is 0 Å². The first-order valence-electron chi connectivity index (χ1n) is 5.54. The molecule has 0 aromatic rings. The molecule has 0 atom stereocenters. The SMILES string of the molecule is C=C/C=C\C.CC(=O)CC[C](=[W])N(C)CC(=O)O. The van der Waals surface area contributed by atoms with Crippen molar-refractivity contribution in [3.05, 3.63) is 24.8 Å². The molecule has 0 aliphatic carbocycles. The summed E-state index contributed by atoms with van der Waals surface area (Å²) in [5.74, 6) is -0.702. The molecule has 18 heavy (non-hydrogen) atoms. The van der Waals surface area contributed by atoms with Gasteiger partial charge < -0.3 is 0 Å². The molecule has 0 heterocycles. The summed E-state index contributed by atoms with van der Waals surface area (Å²) in [6.07, 6.45) is 6.75. The molecule has 0 aromatic heterocycles. The molecule has 4 nitrogen and oxygen atoms in total. The summed E-state index contributed by atoms with van der Waals surface area (Å²) in [6, 6.07) is 0. The Bertz CT molecular complexity index is 324. The third kappa shape index (κ3) is 15.1. The van der Waals surface area contributed by atoms with Crippen LogP contribution in [0.4, 0.5) is 0 Å². The van der Waals surface area contributed by atoms with Crippen molar-refractivity contribution in [2.75, 3.05) is 13.6 Å². The predicted molar refractivity (Wildman–Crippen MR) is 70.2 cm³/mol. The van der Waals surface area contributed by atoms with E-state index in [0.29, 0.717) is 12.8 Å². The first-order chi connectivity index (χ1) is 8.34. The van der Waals surface area contributed by atoms with E-state index < -0.39 is 5.97 Å². The van der Waals surface area contributed by atoms with Gasteiger partial charge in [0.1, 0.15) is 0 Å². The van der Waals surface area contributed by atoms with Crippen LogP contribution >= 0.6 is 0 Å². The van der Waals surface area contributed by atoms with Crippen LogP contribution in [0, 0.1) is 0 Å². The minimum absolute atomic E-state index is 0.0107. The summed E-state index contributed by atoms with van der Waals surface area (Å²) in [5.41, 5.74) is 0. The van der Waals surface area contributed by atoms with Crippen LogP contribution in [0.25, 0.3) is 0 Å². The van der Waals surface area contributed by atoms with Crippen LogP contribution in [0.2, 0.25) is 0 Å². The Morgan fingerprint density at radius 1 is 1.39 bits per heavy atom. The summed E-state index contributed by atoms with van der Waals surface area (Å²) in [6.45, 7) is 6.98. The number of carbonyl (C=O) groups excluding carboxylic acids is 1. The summed E-state index contributed by atoms with van der Waals surface area (Å²) < 4.78 is 1.01. The number of rotatable bonds is 7. The number of nitrogens with zero attached hydrogens (tertiary/aromatic N) is 1. The zero-order chi connectivity index (χ0) is 14.6. The maximum absolute atomic E-state index is 10.7. The fraction of sp³-hybridized carbons (Fsp3) is 0.462. The van der Waals surface area contributed by atoms with Crippen molar-refractivity contribution in [2.24, 2.45) is 0 Å². The van der Waals surface area contributed by atoms with Crippen molar-refractivity contribution >= 4 is 15.8 Å². The summed E-state index contributed by atoms with van der Waals surface area (Å²) >= 11 is 1.22. The molecule has 0 aliphatic heterocycles. The fourth-order valence-corrected chi connectivity index (χ4v) is 1.50. The summed E-state index contributed by atoms with van der Waals surface area (Å²) in [4.78, 5) is 22.7. The molecule has 0 aliphatic rings. The number of carbonyl (C=O) groups is 2. The van der Waals surface area contributed by atoms with Gasteiger partial charge in [-0.05, 0) is 6.92 Å². The number of aliphatic carboxylic acids is 1. The van der Waals surface area contributed by atoms with E-state index in [1.54, 1.807) is 24.9 Å². The zero-order valence-corrected chi connectivity index (χ0v) is 14.1. The van der Waals surface area contributed by atoms with E-state index in [4.69, 9.17) is 5.11 Å². The number of carboxylic acid groups (broad SMARTS) is 1. The van der Waals surface area contributed by atoms with Gasteiger partial charge in [0, 0.05) is 0 Å². The second kappa shape index (κ2) is 12.6. The predicted octanol–water partition coefficient (Wildman–Crippen LogP) is 1.80. The molecule has 0 amide bonds. The van der Waals surface area contributed by atoms with Crippen molar-refractivity contribution in [3.8, 4) is 0 Å². The maximum atomic E-state index is 10.7. The number of likely N-dealkylation sites (N-methyl/N-ethyl adjacent to an activating group) is 1. The molecule has 0 rings (SSSR count). The van der Waals surface area contributed by atoms with E-state index in [1.807, 2.05) is 19.1 Å². The summed E-state index contributed by atoms with van der Waals surface area (Å²) in [5, 5.41) is 8.50. The molecule has 0 fully saturated rings. The number of ketones is 1. The van der Waals surface area contributed by atoms with Gasteiger partial charge >= 0.3 is 88.1 Å². The van der Waals surface area contributed by atoms with Crippen LogP contribution in [-0.2, 0) is 28.9 Å². The normalized spacial score (nSPS) is 9.78. The molecule has 5 heteroatoms. The molecule has 0 unspecified atom stereocenters. The third-order valence-electron chi connectivity index (χ3n) is 1.82. The molecular formula is C13H21NO3W. The summed E-state index contributed by atoms with van der Waals surface area (Å²) in [7, 11) is 1.73. The van der Waals surface area contributed by atoms with Gasteiger partial charge in [0.05, 0.1) is 0 Å². The molecule has 0 bridgehead atoms. The first-order valence-corrected chi connectivity index (χ1v) is 7.00. The van der Waals surface area contributed by atoms with Gasteiger partial charge in [0.2, 0.25) is 0 Å². The Kier molecular flexibility index (Phi) is 13.6. The molecule has 0 spiro atoms. The second-order valence-electron chi connectivity index (χ2n) is 3.61. The van der Waals surface area contributed by atoms with E-state index in [9.17, 15) is 9.59 Å². The molecule has 0 aromatic carbocycles. The van der Waals surface area contributed by atoms with Crippen LogP contribution in [0.15, 0.2) is 24.8 Å². The standard InChI is InChI=1S/C8H13NO3.C5H8.W/c1-7(10)4-3-5-9(2)6-8(11)12;1-3-5-4-2;/h3-4,6H2,1-2H3,(H,11,12);3-5H,1H2,2H3;/b;5-4-;. The topological polar surface area (TPSA) is 57.6 Å².